The topological polar surface area (TPSA) is 69.0 Å². The van der Waals surface area contributed by atoms with Crippen LogP contribution in [-0.4, -0.2) is 28.1 Å². The molecule has 7 heteroatoms. The van der Waals surface area contributed by atoms with Crippen LogP contribution >= 0.6 is 0 Å². The maximum absolute atomic E-state index is 13.6. The molecule has 0 unspecified atom stereocenters. The van der Waals surface area contributed by atoms with Crippen molar-refractivity contribution >= 4 is 11.7 Å². The summed E-state index contributed by atoms with van der Waals surface area (Å²) < 4.78 is 19.7. The van der Waals surface area contributed by atoms with E-state index < -0.39 is 11.8 Å². The highest BCUT2D eigenvalue weighted by Crippen LogP contribution is 2.17. The smallest absolute Gasteiger partial charge is 0.337 e. The van der Waals surface area contributed by atoms with Gasteiger partial charge in [0.15, 0.2) is 0 Å². The highest BCUT2D eigenvalue weighted by molar-refractivity contribution is 5.90. The molecule has 100 valence electrons. The number of carbonyl (C=O) groups is 1. The highest BCUT2D eigenvalue weighted by atomic mass is 19.1. The first-order chi connectivity index (χ1) is 9.10. The van der Waals surface area contributed by atoms with Gasteiger partial charge in [0, 0.05) is 13.2 Å². The lowest BCUT2D eigenvalue weighted by molar-refractivity contribution is 0.0600. The predicted molar refractivity (Wildman–Crippen MR) is 66.1 cm³/mol. The van der Waals surface area contributed by atoms with Gasteiger partial charge >= 0.3 is 5.97 Å². The van der Waals surface area contributed by atoms with E-state index in [0.717, 1.165) is 0 Å². The van der Waals surface area contributed by atoms with Crippen molar-refractivity contribution in [2.45, 2.75) is 6.54 Å². The predicted octanol–water partition coefficient (Wildman–Crippen LogP) is 1.35. The number of aromatic nitrogens is 3. The van der Waals surface area contributed by atoms with Crippen molar-refractivity contribution in [3.05, 3.63) is 41.5 Å². The van der Waals surface area contributed by atoms with Gasteiger partial charge in [-0.2, -0.15) is 0 Å². The van der Waals surface area contributed by atoms with Crippen LogP contribution < -0.4 is 5.32 Å². The standard InChI is InChI=1S/C12H13FN4O2/c1-17-7-9(15-16-17)6-14-11-5-8(12(18)19-2)3-4-10(11)13/h3-5,7,14H,6H2,1-2H3. The summed E-state index contributed by atoms with van der Waals surface area (Å²) in [7, 11) is 3.02. The van der Waals surface area contributed by atoms with Crippen LogP contribution in [0.25, 0.3) is 0 Å². The van der Waals surface area contributed by atoms with Crippen molar-refractivity contribution in [2.75, 3.05) is 12.4 Å². The van der Waals surface area contributed by atoms with Crippen LogP contribution in [0.2, 0.25) is 0 Å². The van der Waals surface area contributed by atoms with Crippen LogP contribution in [0.4, 0.5) is 10.1 Å². The third-order valence-corrected chi connectivity index (χ3v) is 2.50. The molecule has 1 heterocycles. The molecule has 1 aromatic heterocycles. The van der Waals surface area contributed by atoms with Gasteiger partial charge in [-0.15, -0.1) is 5.10 Å². The SMILES string of the molecule is COC(=O)c1ccc(F)c(NCc2cn(C)nn2)c1. The molecular weight excluding hydrogens is 251 g/mol. The number of hydrogen-bond acceptors (Lipinski definition) is 5. The van der Waals surface area contributed by atoms with E-state index in [9.17, 15) is 9.18 Å². The summed E-state index contributed by atoms with van der Waals surface area (Å²) in [4.78, 5) is 11.4. The number of aryl methyl sites for hydroxylation is 1. The Bertz CT molecular complexity index is 597. The minimum atomic E-state index is -0.512. The van der Waals surface area contributed by atoms with Gasteiger partial charge in [0.05, 0.1) is 24.9 Å². The Hall–Kier alpha value is -2.44. The maximum Gasteiger partial charge on any atom is 0.337 e. The van der Waals surface area contributed by atoms with Gasteiger partial charge in [-0.25, -0.2) is 9.18 Å². The number of hydrogen-bond donors (Lipinski definition) is 1. The Morgan fingerprint density at radius 2 is 2.32 bits per heavy atom. The molecule has 1 aromatic carbocycles. The van der Waals surface area contributed by atoms with E-state index in [-0.39, 0.29) is 11.3 Å². The number of ether oxygens (including phenoxy) is 1. The van der Waals surface area contributed by atoms with E-state index in [0.29, 0.717) is 12.2 Å². The normalized spacial score (nSPS) is 10.3. The van der Waals surface area contributed by atoms with Crippen molar-refractivity contribution in [2.24, 2.45) is 7.05 Å². The average Bonchev–Trinajstić information content (AvgIpc) is 2.82. The number of benzene rings is 1. The van der Waals surface area contributed by atoms with Crippen molar-refractivity contribution in [1.29, 1.82) is 0 Å². The van der Waals surface area contributed by atoms with E-state index >= 15 is 0 Å². The number of rotatable bonds is 4. The van der Waals surface area contributed by atoms with Gasteiger partial charge in [-0.05, 0) is 18.2 Å². The number of methoxy groups -OCH3 is 1. The molecule has 0 fully saturated rings. The molecule has 0 spiro atoms. The number of esters is 1. The van der Waals surface area contributed by atoms with Crippen LogP contribution in [0, 0.1) is 5.82 Å². The molecular formula is C12H13FN4O2. The van der Waals surface area contributed by atoms with Gasteiger partial charge in [0.1, 0.15) is 11.5 Å². The third-order valence-electron chi connectivity index (χ3n) is 2.50. The first-order valence-corrected chi connectivity index (χ1v) is 5.57. The molecule has 0 aliphatic heterocycles. The van der Waals surface area contributed by atoms with Crippen LogP contribution in [0.15, 0.2) is 24.4 Å². The molecule has 0 radical (unpaired) electrons. The van der Waals surface area contributed by atoms with Gasteiger partial charge < -0.3 is 10.1 Å². The lowest BCUT2D eigenvalue weighted by Crippen LogP contribution is -2.06. The van der Waals surface area contributed by atoms with Gasteiger partial charge in [-0.3, -0.25) is 4.68 Å². The fraction of sp³-hybridized carbons (Fsp3) is 0.250. The molecule has 2 rings (SSSR count). The summed E-state index contributed by atoms with van der Waals surface area (Å²) in [5, 5.41) is 10.5. The molecule has 0 aliphatic carbocycles. The first-order valence-electron chi connectivity index (χ1n) is 5.57. The van der Waals surface area contributed by atoms with E-state index in [1.54, 1.807) is 17.9 Å². The summed E-state index contributed by atoms with van der Waals surface area (Å²) in [5.41, 5.74) is 1.17. The molecule has 0 amide bonds. The summed E-state index contributed by atoms with van der Waals surface area (Å²) in [6, 6.07) is 3.98. The van der Waals surface area contributed by atoms with Gasteiger partial charge in [0.2, 0.25) is 0 Å². The zero-order valence-electron chi connectivity index (χ0n) is 10.6. The number of nitrogens with zero attached hydrogens (tertiary/aromatic N) is 3. The molecule has 0 atom stereocenters. The highest BCUT2D eigenvalue weighted by Gasteiger charge is 2.10. The molecule has 0 bridgehead atoms. The number of anilines is 1. The fourth-order valence-corrected chi connectivity index (χ4v) is 1.57. The second kappa shape index (κ2) is 5.47. The summed E-state index contributed by atoms with van der Waals surface area (Å²) >= 11 is 0. The minimum absolute atomic E-state index is 0.216. The molecule has 6 nitrogen and oxygen atoms in total. The van der Waals surface area contributed by atoms with Crippen molar-refractivity contribution < 1.29 is 13.9 Å². The lowest BCUT2D eigenvalue weighted by Gasteiger charge is -2.07. The quantitative estimate of drug-likeness (QED) is 0.844. The number of carbonyl (C=O) groups excluding carboxylic acids is 1. The molecule has 0 saturated heterocycles. The number of nitrogens with one attached hydrogen (secondary N) is 1. The number of halogens is 1. The molecule has 0 saturated carbocycles. The Balaban J connectivity index is 2.12. The van der Waals surface area contributed by atoms with E-state index in [1.165, 1.54) is 25.3 Å². The van der Waals surface area contributed by atoms with Crippen molar-refractivity contribution in [3.8, 4) is 0 Å². The molecule has 1 N–H and O–H groups in total. The van der Waals surface area contributed by atoms with Crippen LogP contribution in [0.1, 0.15) is 16.1 Å². The monoisotopic (exact) mass is 264 g/mol. The van der Waals surface area contributed by atoms with Crippen LogP contribution in [0.3, 0.4) is 0 Å². The Kier molecular flexibility index (Phi) is 3.74. The van der Waals surface area contributed by atoms with E-state index in [4.69, 9.17) is 0 Å². The molecule has 0 aliphatic rings. The maximum atomic E-state index is 13.6. The lowest BCUT2D eigenvalue weighted by atomic mass is 10.2. The second-order valence-electron chi connectivity index (χ2n) is 3.92. The average molecular weight is 264 g/mol. The summed E-state index contributed by atoms with van der Waals surface area (Å²) in [6.07, 6.45) is 1.72. The fourth-order valence-electron chi connectivity index (χ4n) is 1.57. The zero-order valence-corrected chi connectivity index (χ0v) is 10.6. The second-order valence-corrected chi connectivity index (χ2v) is 3.92. The van der Waals surface area contributed by atoms with Crippen LogP contribution in [-0.2, 0) is 18.3 Å². The molecule has 2 aromatic rings. The molecule has 19 heavy (non-hydrogen) atoms. The van der Waals surface area contributed by atoms with Gasteiger partial charge in [-0.1, -0.05) is 5.21 Å². The van der Waals surface area contributed by atoms with Crippen molar-refractivity contribution in [3.63, 3.8) is 0 Å². The van der Waals surface area contributed by atoms with Gasteiger partial charge in [0.25, 0.3) is 0 Å². The van der Waals surface area contributed by atoms with Crippen LogP contribution in [0.5, 0.6) is 0 Å². The summed E-state index contributed by atoms with van der Waals surface area (Å²) in [5.74, 6) is -0.959. The third kappa shape index (κ3) is 3.06. The summed E-state index contributed by atoms with van der Waals surface area (Å²) in [6.45, 7) is 0.315. The Morgan fingerprint density at radius 3 is 2.95 bits per heavy atom. The Labute approximate surface area is 109 Å². The first kappa shape index (κ1) is 13.0. The van der Waals surface area contributed by atoms with Crippen molar-refractivity contribution in [1.82, 2.24) is 15.0 Å². The minimum Gasteiger partial charge on any atom is -0.465 e. The Morgan fingerprint density at radius 1 is 1.53 bits per heavy atom. The van der Waals surface area contributed by atoms with E-state index in [2.05, 4.69) is 20.4 Å². The van der Waals surface area contributed by atoms with E-state index in [1.807, 2.05) is 0 Å². The zero-order chi connectivity index (χ0) is 13.8. The largest absolute Gasteiger partial charge is 0.465 e.